The standard InChI is InChI=1S/C13H16N2O/c1-2-5-10(16)8-13-11-6-3-4-7-12(11)14-9-15-13/h3-4,6-7,9-10,16H,2,5,8H2,1H3. The van der Waals surface area contributed by atoms with Crippen molar-refractivity contribution in [1.29, 1.82) is 0 Å². The number of hydrogen-bond donors (Lipinski definition) is 1. The Hall–Kier alpha value is -1.48. The van der Waals surface area contributed by atoms with Crippen molar-refractivity contribution in [1.82, 2.24) is 9.97 Å². The molecule has 2 rings (SSSR count). The van der Waals surface area contributed by atoms with E-state index in [1.807, 2.05) is 24.3 Å². The van der Waals surface area contributed by atoms with Crippen molar-refractivity contribution in [2.75, 3.05) is 0 Å². The molecule has 0 amide bonds. The van der Waals surface area contributed by atoms with Gasteiger partial charge in [-0.15, -0.1) is 0 Å². The monoisotopic (exact) mass is 216 g/mol. The molecule has 3 heteroatoms. The number of para-hydroxylation sites is 1. The van der Waals surface area contributed by atoms with Gasteiger partial charge in [-0.1, -0.05) is 31.5 Å². The summed E-state index contributed by atoms with van der Waals surface area (Å²) < 4.78 is 0. The topological polar surface area (TPSA) is 46.0 Å². The minimum Gasteiger partial charge on any atom is -0.393 e. The van der Waals surface area contributed by atoms with Gasteiger partial charge in [0.1, 0.15) is 6.33 Å². The molecular weight excluding hydrogens is 200 g/mol. The van der Waals surface area contributed by atoms with Gasteiger partial charge in [0.15, 0.2) is 0 Å². The molecule has 1 N–H and O–H groups in total. The molecule has 0 fully saturated rings. The fourth-order valence-corrected chi connectivity index (χ4v) is 1.88. The fourth-order valence-electron chi connectivity index (χ4n) is 1.88. The quantitative estimate of drug-likeness (QED) is 0.853. The molecule has 0 saturated heterocycles. The lowest BCUT2D eigenvalue weighted by Crippen LogP contribution is -2.11. The second-order valence-electron chi connectivity index (χ2n) is 3.98. The number of aliphatic hydroxyl groups is 1. The van der Waals surface area contributed by atoms with E-state index in [0.717, 1.165) is 29.4 Å². The van der Waals surface area contributed by atoms with Crippen LogP contribution in [-0.4, -0.2) is 21.2 Å². The largest absolute Gasteiger partial charge is 0.393 e. The van der Waals surface area contributed by atoms with Crippen LogP contribution in [0.1, 0.15) is 25.5 Å². The molecule has 0 radical (unpaired) electrons. The first kappa shape index (κ1) is 11.0. The molecular formula is C13H16N2O. The Morgan fingerprint density at radius 3 is 2.88 bits per heavy atom. The minimum atomic E-state index is -0.302. The Morgan fingerprint density at radius 1 is 1.25 bits per heavy atom. The van der Waals surface area contributed by atoms with Gasteiger partial charge in [-0.05, 0) is 12.5 Å². The van der Waals surface area contributed by atoms with E-state index in [0.29, 0.717) is 6.42 Å². The SMILES string of the molecule is CCCC(O)Cc1ncnc2ccccc12. The van der Waals surface area contributed by atoms with Gasteiger partial charge in [0.05, 0.1) is 17.3 Å². The summed E-state index contributed by atoms with van der Waals surface area (Å²) in [4.78, 5) is 8.46. The predicted octanol–water partition coefficient (Wildman–Crippen LogP) is 2.33. The van der Waals surface area contributed by atoms with Crippen molar-refractivity contribution in [2.24, 2.45) is 0 Å². The highest BCUT2D eigenvalue weighted by Crippen LogP contribution is 2.16. The molecule has 0 aliphatic heterocycles. The molecule has 1 unspecified atom stereocenters. The van der Waals surface area contributed by atoms with Gasteiger partial charge in [0.25, 0.3) is 0 Å². The highest BCUT2D eigenvalue weighted by Gasteiger charge is 2.08. The summed E-state index contributed by atoms with van der Waals surface area (Å²) in [5.74, 6) is 0. The van der Waals surface area contributed by atoms with Crippen LogP contribution < -0.4 is 0 Å². The highest BCUT2D eigenvalue weighted by molar-refractivity contribution is 5.80. The van der Waals surface area contributed by atoms with Crippen molar-refractivity contribution in [3.05, 3.63) is 36.3 Å². The average molecular weight is 216 g/mol. The van der Waals surface area contributed by atoms with Crippen molar-refractivity contribution in [2.45, 2.75) is 32.3 Å². The molecule has 1 atom stereocenters. The summed E-state index contributed by atoms with van der Waals surface area (Å²) in [5, 5.41) is 10.8. The van der Waals surface area contributed by atoms with Crippen LogP contribution in [0.25, 0.3) is 10.9 Å². The van der Waals surface area contributed by atoms with Crippen LogP contribution in [0.15, 0.2) is 30.6 Å². The van der Waals surface area contributed by atoms with Gasteiger partial charge in [-0.3, -0.25) is 0 Å². The summed E-state index contributed by atoms with van der Waals surface area (Å²) in [5.41, 5.74) is 1.88. The van der Waals surface area contributed by atoms with Gasteiger partial charge in [-0.2, -0.15) is 0 Å². The Labute approximate surface area is 95.2 Å². The third kappa shape index (κ3) is 2.36. The number of nitrogens with zero attached hydrogens (tertiary/aromatic N) is 2. The van der Waals surface area contributed by atoms with Crippen molar-refractivity contribution in [3.8, 4) is 0 Å². The van der Waals surface area contributed by atoms with E-state index in [1.54, 1.807) is 6.33 Å². The number of rotatable bonds is 4. The maximum atomic E-state index is 9.80. The van der Waals surface area contributed by atoms with E-state index < -0.39 is 0 Å². The second kappa shape index (κ2) is 5.03. The third-order valence-electron chi connectivity index (χ3n) is 2.68. The lowest BCUT2D eigenvalue weighted by Gasteiger charge is -2.09. The summed E-state index contributed by atoms with van der Waals surface area (Å²) in [6, 6.07) is 7.90. The molecule has 0 aliphatic carbocycles. The molecule has 1 heterocycles. The maximum absolute atomic E-state index is 9.80. The van der Waals surface area contributed by atoms with Crippen LogP contribution in [0.4, 0.5) is 0 Å². The fraction of sp³-hybridized carbons (Fsp3) is 0.385. The van der Waals surface area contributed by atoms with E-state index in [-0.39, 0.29) is 6.10 Å². The summed E-state index contributed by atoms with van der Waals surface area (Å²) >= 11 is 0. The van der Waals surface area contributed by atoms with Crippen LogP contribution in [0, 0.1) is 0 Å². The van der Waals surface area contributed by atoms with E-state index in [2.05, 4.69) is 16.9 Å². The number of benzene rings is 1. The van der Waals surface area contributed by atoms with Crippen molar-refractivity contribution in [3.63, 3.8) is 0 Å². The van der Waals surface area contributed by atoms with Crippen LogP contribution in [0.5, 0.6) is 0 Å². The average Bonchev–Trinajstić information content (AvgIpc) is 2.30. The molecule has 16 heavy (non-hydrogen) atoms. The lowest BCUT2D eigenvalue weighted by molar-refractivity contribution is 0.163. The van der Waals surface area contributed by atoms with E-state index in [4.69, 9.17) is 0 Å². The van der Waals surface area contributed by atoms with Gasteiger partial charge >= 0.3 is 0 Å². The van der Waals surface area contributed by atoms with Gasteiger partial charge < -0.3 is 5.11 Å². The lowest BCUT2D eigenvalue weighted by atomic mass is 10.1. The Bertz CT molecular complexity index is 465. The zero-order valence-corrected chi connectivity index (χ0v) is 9.43. The summed E-state index contributed by atoms with van der Waals surface area (Å²) in [6.45, 7) is 2.07. The summed E-state index contributed by atoms with van der Waals surface area (Å²) in [7, 11) is 0. The second-order valence-corrected chi connectivity index (χ2v) is 3.98. The van der Waals surface area contributed by atoms with Gasteiger partial charge in [-0.25, -0.2) is 9.97 Å². The zero-order valence-electron chi connectivity index (χ0n) is 9.43. The van der Waals surface area contributed by atoms with Crippen LogP contribution in [0.3, 0.4) is 0 Å². The smallest absolute Gasteiger partial charge is 0.116 e. The van der Waals surface area contributed by atoms with Gasteiger partial charge in [0, 0.05) is 11.8 Å². The Kier molecular flexibility index (Phi) is 3.47. The normalized spacial score (nSPS) is 12.9. The Morgan fingerprint density at radius 2 is 2.06 bits per heavy atom. The van der Waals surface area contributed by atoms with Crippen LogP contribution in [0.2, 0.25) is 0 Å². The molecule has 1 aromatic carbocycles. The van der Waals surface area contributed by atoms with Crippen molar-refractivity contribution < 1.29 is 5.11 Å². The van der Waals surface area contributed by atoms with E-state index in [1.165, 1.54) is 0 Å². The summed E-state index contributed by atoms with van der Waals surface area (Å²) in [6.07, 6.45) is 3.68. The molecule has 3 nitrogen and oxygen atoms in total. The minimum absolute atomic E-state index is 0.302. The first-order valence-corrected chi connectivity index (χ1v) is 5.68. The first-order valence-electron chi connectivity index (χ1n) is 5.68. The molecule has 2 aromatic rings. The number of hydrogen-bond acceptors (Lipinski definition) is 3. The predicted molar refractivity (Wildman–Crippen MR) is 64.2 cm³/mol. The number of fused-ring (bicyclic) bond motifs is 1. The van der Waals surface area contributed by atoms with E-state index in [9.17, 15) is 5.11 Å². The van der Waals surface area contributed by atoms with Gasteiger partial charge in [0.2, 0.25) is 0 Å². The molecule has 84 valence electrons. The molecule has 0 aliphatic rings. The zero-order chi connectivity index (χ0) is 11.4. The Balaban J connectivity index is 2.30. The van der Waals surface area contributed by atoms with Crippen LogP contribution >= 0.6 is 0 Å². The number of aromatic nitrogens is 2. The highest BCUT2D eigenvalue weighted by atomic mass is 16.3. The van der Waals surface area contributed by atoms with Crippen LogP contribution in [-0.2, 0) is 6.42 Å². The maximum Gasteiger partial charge on any atom is 0.116 e. The molecule has 1 aromatic heterocycles. The third-order valence-corrected chi connectivity index (χ3v) is 2.68. The van der Waals surface area contributed by atoms with E-state index >= 15 is 0 Å². The first-order chi connectivity index (χ1) is 7.81. The molecule has 0 saturated carbocycles. The molecule has 0 spiro atoms. The number of aliphatic hydroxyl groups excluding tert-OH is 1. The molecule has 0 bridgehead atoms. The van der Waals surface area contributed by atoms with Crippen molar-refractivity contribution >= 4 is 10.9 Å².